The molecule has 0 unspecified atom stereocenters. The smallest absolute Gasteiger partial charge is 0.0610 e. The summed E-state index contributed by atoms with van der Waals surface area (Å²) in [6.45, 7) is 2.07. The minimum absolute atomic E-state index is 0.424. The van der Waals surface area contributed by atoms with Gasteiger partial charge >= 0.3 is 0 Å². The van der Waals surface area contributed by atoms with E-state index in [0.717, 1.165) is 24.2 Å². The molecule has 3 N–H and O–H groups in total. The van der Waals surface area contributed by atoms with Crippen molar-refractivity contribution in [2.24, 2.45) is 0 Å². The lowest BCUT2D eigenvalue weighted by Gasteiger charge is -2.36. The van der Waals surface area contributed by atoms with Gasteiger partial charge in [-0.1, -0.05) is 12.1 Å². The Morgan fingerprint density at radius 1 is 1.40 bits per heavy atom. The number of nitrogen functional groups attached to an aromatic ring is 1. The fraction of sp³-hybridized carbons (Fsp3) is 0.500. The van der Waals surface area contributed by atoms with Crippen molar-refractivity contribution in [2.75, 3.05) is 18.2 Å². The zero-order valence-electron chi connectivity index (χ0n) is 9.29. The lowest BCUT2D eigenvalue weighted by atomic mass is 9.89. The molecule has 3 heteroatoms. The van der Waals surface area contributed by atoms with Crippen LogP contribution in [0.25, 0.3) is 0 Å². The van der Waals surface area contributed by atoms with E-state index in [1.54, 1.807) is 7.11 Å². The SMILES string of the molecule is COC1CC(Nc2c(C)cccc2N)C1. The molecule has 0 heterocycles. The largest absolute Gasteiger partial charge is 0.397 e. The Bertz CT molecular complexity index is 325. The van der Waals surface area contributed by atoms with E-state index in [1.165, 1.54) is 5.56 Å². The Morgan fingerprint density at radius 3 is 2.73 bits per heavy atom. The van der Waals surface area contributed by atoms with Crippen LogP contribution in [0.1, 0.15) is 18.4 Å². The van der Waals surface area contributed by atoms with Crippen molar-refractivity contribution in [3.63, 3.8) is 0 Å². The molecule has 1 aromatic carbocycles. The zero-order chi connectivity index (χ0) is 10.8. The van der Waals surface area contributed by atoms with Crippen LogP contribution in [0.5, 0.6) is 0 Å². The number of nitrogens with one attached hydrogen (secondary N) is 1. The summed E-state index contributed by atoms with van der Waals surface area (Å²) in [6, 6.07) is 6.50. The molecular weight excluding hydrogens is 188 g/mol. The minimum atomic E-state index is 0.424. The molecule has 1 saturated carbocycles. The summed E-state index contributed by atoms with van der Waals surface area (Å²) in [7, 11) is 1.77. The van der Waals surface area contributed by atoms with Crippen molar-refractivity contribution in [3.05, 3.63) is 23.8 Å². The summed E-state index contributed by atoms with van der Waals surface area (Å²) in [5, 5.41) is 3.47. The number of anilines is 2. The second-order valence-corrected chi connectivity index (χ2v) is 4.21. The predicted molar refractivity (Wildman–Crippen MR) is 63.0 cm³/mol. The molecule has 15 heavy (non-hydrogen) atoms. The Hall–Kier alpha value is -1.22. The summed E-state index contributed by atoms with van der Waals surface area (Å²) in [4.78, 5) is 0. The summed E-state index contributed by atoms with van der Waals surface area (Å²) < 4.78 is 5.24. The highest BCUT2D eigenvalue weighted by atomic mass is 16.5. The molecule has 0 amide bonds. The van der Waals surface area contributed by atoms with Crippen molar-refractivity contribution >= 4 is 11.4 Å². The van der Waals surface area contributed by atoms with Crippen LogP contribution in [0.4, 0.5) is 11.4 Å². The maximum atomic E-state index is 5.92. The highest BCUT2D eigenvalue weighted by Gasteiger charge is 2.29. The first-order valence-corrected chi connectivity index (χ1v) is 5.35. The molecule has 0 bridgehead atoms. The van der Waals surface area contributed by atoms with Gasteiger partial charge in [-0.3, -0.25) is 0 Å². The quantitative estimate of drug-likeness (QED) is 0.745. The molecule has 0 saturated heterocycles. The van der Waals surface area contributed by atoms with Crippen LogP contribution in [0.2, 0.25) is 0 Å². The van der Waals surface area contributed by atoms with E-state index in [0.29, 0.717) is 12.1 Å². The normalized spacial score (nSPS) is 24.7. The number of hydrogen-bond acceptors (Lipinski definition) is 3. The maximum absolute atomic E-state index is 5.92. The second-order valence-electron chi connectivity index (χ2n) is 4.21. The Morgan fingerprint density at radius 2 is 2.13 bits per heavy atom. The fourth-order valence-corrected chi connectivity index (χ4v) is 1.97. The van der Waals surface area contributed by atoms with E-state index < -0.39 is 0 Å². The first kappa shape index (κ1) is 10.3. The molecule has 0 atom stereocenters. The van der Waals surface area contributed by atoms with Gasteiger partial charge in [0, 0.05) is 13.2 Å². The molecule has 0 radical (unpaired) electrons. The van der Waals surface area contributed by atoms with Crippen molar-refractivity contribution in [1.82, 2.24) is 0 Å². The zero-order valence-corrected chi connectivity index (χ0v) is 9.29. The number of para-hydroxylation sites is 1. The van der Waals surface area contributed by atoms with Crippen LogP contribution in [-0.2, 0) is 4.74 Å². The lowest BCUT2D eigenvalue weighted by Crippen LogP contribution is -2.40. The van der Waals surface area contributed by atoms with Gasteiger partial charge in [0.25, 0.3) is 0 Å². The molecule has 0 aromatic heterocycles. The van der Waals surface area contributed by atoms with Gasteiger partial charge < -0.3 is 15.8 Å². The summed E-state index contributed by atoms with van der Waals surface area (Å²) >= 11 is 0. The van der Waals surface area contributed by atoms with Crippen molar-refractivity contribution < 1.29 is 4.74 Å². The van der Waals surface area contributed by atoms with Gasteiger partial charge in [-0.05, 0) is 31.4 Å². The van der Waals surface area contributed by atoms with Gasteiger partial charge in [-0.25, -0.2) is 0 Å². The predicted octanol–water partition coefficient (Wildman–Crippen LogP) is 2.17. The maximum Gasteiger partial charge on any atom is 0.0610 e. The van der Waals surface area contributed by atoms with Crippen molar-refractivity contribution in [1.29, 1.82) is 0 Å². The Kier molecular flexibility index (Phi) is 2.82. The number of nitrogens with two attached hydrogens (primary N) is 1. The van der Waals surface area contributed by atoms with E-state index >= 15 is 0 Å². The molecule has 1 aliphatic rings. The van der Waals surface area contributed by atoms with Crippen LogP contribution in [0, 0.1) is 6.92 Å². The molecule has 1 aliphatic carbocycles. The van der Waals surface area contributed by atoms with Gasteiger partial charge in [-0.2, -0.15) is 0 Å². The number of ether oxygens (including phenoxy) is 1. The fourth-order valence-electron chi connectivity index (χ4n) is 1.97. The first-order chi connectivity index (χ1) is 7.20. The van der Waals surface area contributed by atoms with Crippen LogP contribution in [0.15, 0.2) is 18.2 Å². The van der Waals surface area contributed by atoms with Gasteiger partial charge in [0.2, 0.25) is 0 Å². The van der Waals surface area contributed by atoms with Gasteiger partial charge in [0.05, 0.1) is 17.5 Å². The summed E-state index contributed by atoms with van der Waals surface area (Å²) in [5.41, 5.74) is 9.04. The Labute approximate surface area is 90.6 Å². The topological polar surface area (TPSA) is 47.3 Å². The van der Waals surface area contributed by atoms with Crippen LogP contribution >= 0.6 is 0 Å². The molecule has 2 rings (SSSR count). The average molecular weight is 206 g/mol. The molecule has 82 valence electrons. The number of aryl methyl sites for hydroxylation is 1. The minimum Gasteiger partial charge on any atom is -0.397 e. The first-order valence-electron chi connectivity index (χ1n) is 5.35. The van der Waals surface area contributed by atoms with Gasteiger partial charge in [0.15, 0.2) is 0 Å². The molecular formula is C12H18N2O. The van der Waals surface area contributed by atoms with Gasteiger partial charge in [-0.15, -0.1) is 0 Å². The van der Waals surface area contributed by atoms with E-state index in [1.807, 2.05) is 12.1 Å². The van der Waals surface area contributed by atoms with Crippen LogP contribution < -0.4 is 11.1 Å². The van der Waals surface area contributed by atoms with E-state index in [2.05, 4.69) is 18.3 Å². The molecule has 1 fully saturated rings. The highest BCUT2D eigenvalue weighted by Crippen LogP contribution is 2.30. The van der Waals surface area contributed by atoms with Gasteiger partial charge in [0.1, 0.15) is 0 Å². The molecule has 0 aliphatic heterocycles. The lowest BCUT2D eigenvalue weighted by molar-refractivity contribution is 0.0329. The Balaban J connectivity index is 2.00. The van der Waals surface area contributed by atoms with Crippen LogP contribution in [-0.4, -0.2) is 19.3 Å². The van der Waals surface area contributed by atoms with E-state index in [9.17, 15) is 0 Å². The van der Waals surface area contributed by atoms with E-state index in [-0.39, 0.29) is 0 Å². The standard InChI is InChI=1S/C12H18N2O/c1-8-4-3-5-11(13)12(8)14-9-6-10(7-9)15-2/h3-5,9-10,14H,6-7,13H2,1-2H3. The monoisotopic (exact) mass is 206 g/mol. The van der Waals surface area contributed by atoms with E-state index in [4.69, 9.17) is 10.5 Å². The van der Waals surface area contributed by atoms with Crippen molar-refractivity contribution in [3.8, 4) is 0 Å². The highest BCUT2D eigenvalue weighted by molar-refractivity contribution is 5.70. The molecule has 3 nitrogen and oxygen atoms in total. The summed E-state index contributed by atoms with van der Waals surface area (Å²) in [5.74, 6) is 0. The molecule has 1 aromatic rings. The number of hydrogen-bond donors (Lipinski definition) is 2. The average Bonchev–Trinajstić information content (AvgIpc) is 2.14. The second kappa shape index (κ2) is 4.11. The van der Waals surface area contributed by atoms with Crippen molar-refractivity contribution in [2.45, 2.75) is 31.9 Å². The summed E-state index contributed by atoms with van der Waals surface area (Å²) in [6.07, 6.45) is 2.57. The molecule has 0 spiro atoms. The third kappa shape index (κ3) is 2.07. The number of rotatable bonds is 3. The number of benzene rings is 1. The number of methoxy groups -OCH3 is 1. The third-order valence-electron chi connectivity index (χ3n) is 3.08. The van der Waals surface area contributed by atoms with Crippen LogP contribution in [0.3, 0.4) is 0 Å². The third-order valence-corrected chi connectivity index (χ3v) is 3.08.